The van der Waals surface area contributed by atoms with Gasteiger partial charge in [-0.15, -0.1) is 0 Å². The lowest BCUT2D eigenvalue weighted by molar-refractivity contribution is 0.479. The lowest BCUT2D eigenvalue weighted by atomic mass is 9.90. The van der Waals surface area contributed by atoms with Crippen molar-refractivity contribution in [2.24, 2.45) is 11.8 Å². The van der Waals surface area contributed by atoms with Crippen LogP contribution in [0.15, 0.2) is 23.9 Å². The molecule has 0 aliphatic carbocycles. The van der Waals surface area contributed by atoms with E-state index in [4.69, 9.17) is 0 Å². The largest absolute Gasteiger partial charge is 0.392 e. The molecule has 0 fully saturated rings. The minimum Gasteiger partial charge on any atom is -0.392 e. The maximum atomic E-state index is 3.16. The number of rotatable bonds is 5. The van der Waals surface area contributed by atoms with Crippen LogP contribution >= 0.6 is 0 Å². The molecule has 0 bridgehead atoms. The van der Waals surface area contributed by atoms with Gasteiger partial charge in [0.1, 0.15) is 0 Å². The maximum absolute atomic E-state index is 3.16. The zero-order valence-electron chi connectivity index (χ0n) is 9.59. The fourth-order valence-corrected chi connectivity index (χ4v) is 1.28. The van der Waals surface area contributed by atoms with Crippen LogP contribution in [0.25, 0.3) is 0 Å². The van der Waals surface area contributed by atoms with E-state index in [1.54, 1.807) is 0 Å². The van der Waals surface area contributed by atoms with E-state index in [0.29, 0.717) is 5.92 Å². The molecule has 1 heteroatoms. The van der Waals surface area contributed by atoms with Crippen LogP contribution in [0.5, 0.6) is 0 Å². The maximum Gasteiger partial charge on any atom is 0.00380 e. The van der Waals surface area contributed by atoms with E-state index < -0.39 is 0 Å². The summed E-state index contributed by atoms with van der Waals surface area (Å²) in [5.41, 5.74) is 1.25. The average molecular weight is 181 g/mol. The highest BCUT2D eigenvalue weighted by molar-refractivity contribution is 5.06. The summed E-state index contributed by atoms with van der Waals surface area (Å²) in [6.07, 6.45) is 7.93. The first kappa shape index (κ1) is 12.3. The molecular weight excluding hydrogens is 158 g/mol. The van der Waals surface area contributed by atoms with E-state index in [1.807, 2.05) is 7.05 Å². The third-order valence-electron chi connectivity index (χ3n) is 2.55. The summed E-state index contributed by atoms with van der Waals surface area (Å²) < 4.78 is 0. The number of hydrogen-bond acceptors (Lipinski definition) is 1. The first-order valence-corrected chi connectivity index (χ1v) is 5.14. The monoisotopic (exact) mass is 181 g/mol. The Morgan fingerprint density at radius 1 is 1.46 bits per heavy atom. The predicted octanol–water partition coefficient (Wildman–Crippen LogP) is 3.35. The van der Waals surface area contributed by atoms with Gasteiger partial charge in [-0.05, 0) is 25.7 Å². The standard InChI is InChI=1S/C12H23N/c1-6-8-12(10(3)7-2)9-11(4)13-5/h6,8-10,12-13H,7H2,1-5H3/b8-6+,11-9-. The van der Waals surface area contributed by atoms with Gasteiger partial charge in [0.25, 0.3) is 0 Å². The van der Waals surface area contributed by atoms with Gasteiger partial charge in [0.15, 0.2) is 0 Å². The van der Waals surface area contributed by atoms with Gasteiger partial charge < -0.3 is 5.32 Å². The second-order valence-corrected chi connectivity index (χ2v) is 3.59. The molecule has 2 unspecified atom stereocenters. The van der Waals surface area contributed by atoms with E-state index in [2.05, 4.69) is 51.2 Å². The fourth-order valence-electron chi connectivity index (χ4n) is 1.28. The Hall–Kier alpha value is -0.720. The molecule has 2 atom stereocenters. The van der Waals surface area contributed by atoms with Crippen molar-refractivity contribution in [3.05, 3.63) is 23.9 Å². The van der Waals surface area contributed by atoms with E-state index in [9.17, 15) is 0 Å². The van der Waals surface area contributed by atoms with Gasteiger partial charge in [0.05, 0.1) is 0 Å². The summed E-state index contributed by atoms with van der Waals surface area (Å²) >= 11 is 0. The second-order valence-electron chi connectivity index (χ2n) is 3.59. The molecule has 0 aromatic heterocycles. The van der Waals surface area contributed by atoms with E-state index >= 15 is 0 Å². The van der Waals surface area contributed by atoms with Crippen molar-refractivity contribution in [3.63, 3.8) is 0 Å². The van der Waals surface area contributed by atoms with Crippen molar-refractivity contribution in [2.75, 3.05) is 7.05 Å². The average Bonchev–Trinajstić information content (AvgIpc) is 2.15. The lowest BCUT2D eigenvalue weighted by Gasteiger charge is -2.16. The minimum absolute atomic E-state index is 0.572. The highest BCUT2D eigenvalue weighted by atomic mass is 14.8. The molecule has 1 nitrogen and oxygen atoms in total. The van der Waals surface area contributed by atoms with Crippen LogP contribution in [0.4, 0.5) is 0 Å². The third kappa shape index (κ3) is 4.76. The summed E-state index contributed by atoms with van der Waals surface area (Å²) in [7, 11) is 1.97. The Bertz CT molecular complexity index is 180. The molecule has 0 aromatic carbocycles. The van der Waals surface area contributed by atoms with Crippen molar-refractivity contribution in [1.29, 1.82) is 0 Å². The molecule has 76 valence electrons. The molecule has 0 aromatic rings. The quantitative estimate of drug-likeness (QED) is 0.641. The summed E-state index contributed by atoms with van der Waals surface area (Å²) in [5, 5.41) is 3.16. The smallest absolute Gasteiger partial charge is 0.00380 e. The Labute approximate surface area is 82.9 Å². The SMILES string of the molecule is C/C=C/C(/C=C(/C)NC)C(C)CC. The molecule has 0 rings (SSSR count). The molecule has 0 saturated carbocycles. The molecule has 0 aliphatic heterocycles. The second kappa shape index (κ2) is 6.76. The van der Waals surface area contributed by atoms with Gasteiger partial charge in [-0.3, -0.25) is 0 Å². The number of allylic oxidation sites excluding steroid dienone is 4. The first-order chi connectivity index (χ1) is 6.15. The summed E-state index contributed by atoms with van der Waals surface area (Å²) in [6.45, 7) is 8.73. The van der Waals surface area contributed by atoms with E-state index in [0.717, 1.165) is 5.92 Å². The summed E-state index contributed by atoms with van der Waals surface area (Å²) in [6, 6.07) is 0. The molecule has 0 heterocycles. The van der Waals surface area contributed by atoms with Crippen LogP contribution in [0.2, 0.25) is 0 Å². The lowest BCUT2D eigenvalue weighted by Crippen LogP contribution is -2.10. The minimum atomic E-state index is 0.572. The Morgan fingerprint density at radius 3 is 2.46 bits per heavy atom. The fraction of sp³-hybridized carbons (Fsp3) is 0.667. The molecule has 0 amide bonds. The van der Waals surface area contributed by atoms with Crippen LogP contribution < -0.4 is 5.32 Å². The van der Waals surface area contributed by atoms with Crippen molar-refractivity contribution >= 4 is 0 Å². The van der Waals surface area contributed by atoms with Gasteiger partial charge in [-0.2, -0.15) is 0 Å². The molecule has 13 heavy (non-hydrogen) atoms. The summed E-state index contributed by atoms with van der Waals surface area (Å²) in [5.74, 6) is 1.29. The number of hydrogen-bond donors (Lipinski definition) is 1. The molecular formula is C12H23N. The first-order valence-electron chi connectivity index (χ1n) is 5.14. The Morgan fingerprint density at radius 2 is 2.08 bits per heavy atom. The van der Waals surface area contributed by atoms with Crippen LogP contribution in [0, 0.1) is 11.8 Å². The van der Waals surface area contributed by atoms with Crippen LogP contribution in [0.1, 0.15) is 34.1 Å². The highest BCUT2D eigenvalue weighted by Crippen LogP contribution is 2.19. The number of nitrogens with one attached hydrogen (secondary N) is 1. The topological polar surface area (TPSA) is 12.0 Å². The van der Waals surface area contributed by atoms with Crippen LogP contribution in [0.3, 0.4) is 0 Å². The van der Waals surface area contributed by atoms with E-state index in [-0.39, 0.29) is 0 Å². The molecule has 1 N–H and O–H groups in total. The highest BCUT2D eigenvalue weighted by Gasteiger charge is 2.09. The normalized spacial score (nSPS) is 17.5. The molecule has 0 aliphatic rings. The third-order valence-corrected chi connectivity index (χ3v) is 2.55. The molecule has 0 radical (unpaired) electrons. The van der Waals surface area contributed by atoms with Crippen LogP contribution in [-0.4, -0.2) is 7.05 Å². The van der Waals surface area contributed by atoms with Gasteiger partial charge in [0, 0.05) is 12.7 Å². The van der Waals surface area contributed by atoms with Gasteiger partial charge in [-0.25, -0.2) is 0 Å². The predicted molar refractivity (Wildman–Crippen MR) is 60.6 cm³/mol. The van der Waals surface area contributed by atoms with Crippen LogP contribution in [-0.2, 0) is 0 Å². The molecule has 0 spiro atoms. The van der Waals surface area contributed by atoms with Crippen molar-refractivity contribution < 1.29 is 0 Å². The van der Waals surface area contributed by atoms with Gasteiger partial charge in [-0.1, -0.05) is 38.5 Å². The van der Waals surface area contributed by atoms with Gasteiger partial charge >= 0.3 is 0 Å². The van der Waals surface area contributed by atoms with Crippen molar-refractivity contribution in [1.82, 2.24) is 5.32 Å². The summed E-state index contributed by atoms with van der Waals surface area (Å²) in [4.78, 5) is 0. The van der Waals surface area contributed by atoms with E-state index in [1.165, 1.54) is 12.1 Å². The molecule has 0 saturated heterocycles. The Kier molecular flexibility index (Phi) is 6.38. The van der Waals surface area contributed by atoms with Crippen molar-refractivity contribution in [3.8, 4) is 0 Å². The zero-order valence-corrected chi connectivity index (χ0v) is 9.59. The van der Waals surface area contributed by atoms with Gasteiger partial charge in [0.2, 0.25) is 0 Å². The zero-order chi connectivity index (χ0) is 10.3. The Balaban J connectivity index is 4.42. The van der Waals surface area contributed by atoms with Crippen molar-refractivity contribution in [2.45, 2.75) is 34.1 Å².